The highest BCUT2D eigenvalue weighted by Crippen LogP contribution is 2.26. The fourth-order valence-electron chi connectivity index (χ4n) is 1.75. The first-order valence-corrected chi connectivity index (χ1v) is 5.97. The fourth-order valence-corrected chi connectivity index (χ4v) is 1.75. The molecule has 5 heteroatoms. The van der Waals surface area contributed by atoms with Crippen LogP contribution in [0, 0.1) is 0 Å². The topological polar surface area (TPSA) is 80.7 Å². The second-order valence-electron chi connectivity index (χ2n) is 4.01. The molecule has 0 aliphatic rings. The molecule has 0 bridgehead atoms. The van der Waals surface area contributed by atoms with Crippen LogP contribution in [0.25, 0.3) is 0 Å². The molecule has 102 valence electrons. The van der Waals surface area contributed by atoms with E-state index in [-0.39, 0.29) is 41.5 Å². The number of rotatable bonds is 6. The second-order valence-corrected chi connectivity index (χ2v) is 4.01. The summed E-state index contributed by atoms with van der Waals surface area (Å²) >= 11 is 0. The Morgan fingerprint density at radius 3 is 2.58 bits per heavy atom. The number of aromatic hydroxyl groups is 1. The van der Waals surface area contributed by atoms with E-state index >= 15 is 0 Å². The Morgan fingerprint density at radius 2 is 2.05 bits per heavy atom. The van der Waals surface area contributed by atoms with Gasteiger partial charge in [0.15, 0.2) is 12.1 Å². The number of phenolic OH excluding ortho intramolecular Hbond substituents is 1. The molecule has 0 saturated carbocycles. The summed E-state index contributed by atoms with van der Waals surface area (Å²) in [5.41, 5.74) is 0.671. The van der Waals surface area contributed by atoms with Crippen LogP contribution in [0.2, 0.25) is 0 Å². The van der Waals surface area contributed by atoms with Gasteiger partial charge >= 0.3 is 5.97 Å². The summed E-state index contributed by atoms with van der Waals surface area (Å²) in [6.07, 6.45) is 0.883. The van der Waals surface area contributed by atoms with Crippen LogP contribution >= 0.6 is 0 Å². The first-order valence-electron chi connectivity index (χ1n) is 5.97. The van der Waals surface area contributed by atoms with Crippen molar-refractivity contribution >= 4 is 18.0 Å². The zero-order valence-corrected chi connectivity index (χ0v) is 10.9. The van der Waals surface area contributed by atoms with Crippen LogP contribution in [0.4, 0.5) is 0 Å². The molecule has 1 aromatic carbocycles. The lowest BCUT2D eigenvalue weighted by atomic mass is 9.98. The van der Waals surface area contributed by atoms with Crippen LogP contribution < -0.4 is 0 Å². The van der Waals surface area contributed by atoms with Gasteiger partial charge in [-0.25, -0.2) is 0 Å². The van der Waals surface area contributed by atoms with E-state index in [0.29, 0.717) is 18.5 Å². The predicted octanol–water partition coefficient (Wildman–Crippen LogP) is 1.90. The van der Waals surface area contributed by atoms with E-state index in [2.05, 4.69) is 0 Å². The Hall–Kier alpha value is -2.17. The third-order valence-corrected chi connectivity index (χ3v) is 2.71. The van der Waals surface area contributed by atoms with Crippen LogP contribution in [0.5, 0.6) is 5.75 Å². The molecular formula is C14H16O5. The smallest absolute Gasteiger partial charge is 0.306 e. The van der Waals surface area contributed by atoms with Gasteiger partial charge in [-0.3, -0.25) is 14.4 Å². The van der Waals surface area contributed by atoms with Crippen molar-refractivity contribution in [3.63, 3.8) is 0 Å². The minimum Gasteiger partial charge on any atom is -0.506 e. The molecule has 1 aromatic rings. The van der Waals surface area contributed by atoms with Gasteiger partial charge in [0.2, 0.25) is 0 Å². The summed E-state index contributed by atoms with van der Waals surface area (Å²) in [5, 5.41) is 9.84. The van der Waals surface area contributed by atoms with Gasteiger partial charge in [-0.1, -0.05) is 6.07 Å². The van der Waals surface area contributed by atoms with E-state index in [9.17, 15) is 19.5 Å². The van der Waals surface area contributed by atoms with Crippen LogP contribution in [0.3, 0.4) is 0 Å². The molecule has 5 nitrogen and oxygen atoms in total. The summed E-state index contributed by atoms with van der Waals surface area (Å²) in [5.74, 6) is -1.02. The number of hydrogen-bond acceptors (Lipinski definition) is 5. The molecule has 1 rings (SSSR count). The number of aldehydes is 1. The summed E-state index contributed by atoms with van der Waals surface area (Å²) in [6, 6.07) is 3.02. The Labute approximate surface area is 111 Å². The van der Waals surface area contributed by atoms with Gasteiger partial charge in [0.25, 0.3) is 0 Å². The summed E-state index contributed by atoms with van der Waals surface area (Å²) in [7, 11) is 0. The molecule has 0 aromatic heterocycles. The van der Waals surface area contributed by atoms with Crippen LogP contribution in [0.15, 0.2) is 12.1 Å². The molecule has 0 unspecified atom stereocenters. The number of Topliss-reactive ketones (excluding diaryl/α,β-unsaturated/α-hetero) is 1. The van der Waals surface area contributed by atoms with Gasteiger partial charge in [0, 0.05) is 6.42 Å². The summed E-state index contributed by atoms with van der Waals surface area (Å²) in [6.45, 7) is 3.32. The quantitative estimate of drug-likeness (QED) is 0.482. The van der Waals surface area contributed by atoms with Gasteiger partial charge in [0.1, 0.15) is 5.75 Å². The lowest BCUT2D eigenvalue weighted by Gasteiger charge is -2.09. The number of phenols is 1. The second kappa shape index (κ2) is 6.68. The molecule has 0 saturated heterocycles. The minimum absolute atomic E-state index is 0.0528. The Balaban J connectivity index is 2.96. The molecule has 0 fully saturated rings. The zero-order valence-electron chi connectivity index (χ0n) is 10.9. The van der Waals surface area contributed by atoms with Crippen molar-refractivity contribution in [3.05, 3.63) is 28.8 Å². The van der Waals surface area contributed by atoms with E-state index < -0.39 is 0 Å². The lowest BCUT2D eigenvalue weighted by molar-refractivity contribution is -0.143. The molecule has 19 heavy (non-hydrogen) atoms. The van der Waals surface area contributed by atoms with E-state index in [0.717, 1.165) is 0 Å². The van der Waals surface area contributed by atoms with E-state index in [1.54, 1.807) is 13.0 Å². The minimum atomic E-state index is -0.366. The predicted molar refractivity (Wildman–Crippen MR) is 68.5 cm³/mol. The fraction of sp³-hybridized carbons (Fsp3) is 0.357. The standard InChI is InChI=1S/C14H16O5/c1-3-19-13(17)7-5-10-4-6-11(9(2)16)14(18)12(10)8-15/h4,6,8,18H,3,5,7H2,1-2H3. The monoisotopic (exact) mass is 264 g/mol. The number of ether oxygens (including phenoxy) is 1. The molecule has 0 spiro atoms. The molecule has 0 aliphatic heterocycles. The molecule has 0 atom stereocenters. The van der Waals surface area contributed by atoms with Crippen molar-refractivity contribution in [2.75, 3.05) is 6.61 Å². The molecule has 0 heterocycles. The Morgan fingerprint density at radius 1 is 1.37 bits per heavy atom. The highest BCUT2D eigenvalue weighted by Gasteiger charge is 2.15. The first-order chi connectivity index (χ1) is 9.01. The maximum absolute atomic E-state index is 11.2. The van der Waals surface area contributed by atoms with Crippen LogP contribution in [-0.2, 0) is 16.0 Å². The molecule has 0 aliphatic carbocycles. The van der Waals surface area contributed by atoms with Gasteiger partial charge < -0.3 is 9.84 Å². The number of ketones is 1. The average Bonchev–Trinajstić information content (AvgIpc) is 2.36. The van der Waals surface area contributed by atoms with Crippen LogP contribution in [-0.4, -0.2) is 29.8 Å². The van der Waals surface area contributed by atoms with Crippen molar-refractivity contribution in [3.8, 4) is 5.75 Å². The van der Waals surface area contributed by atoms with E-state index in [4.69, 9.17) is 4.74 Å². The van der Waals surface area contributed by atoms with Gasteiger partial charge in [-0.2, -0.15) is 0 Å². The van der Waals surface area contributed by atoms with Crippen molar-refractivity contribution in [1.29, 1.82) is 0 Å². The van der Waals surface area contributed by atoms with E-state index in [1.165, 1.54) is 13.0 Å². The zero-order chi connectivity index (χ0) is 14.4. The first kappa shape index (κ1) is 14.9. The maximum Gasteiger partial charge on any atom is 0.306 e. The largest absolute Gasteiger partial charge is 0.506 e. The highest BCUT2D eigenvalue weighted by molar-refractivity contribution is 6.00. The van der Waals surface area contributed by atoms with Gasteiger partial charge in [-0.15, -0.1) is 0 Å². The number of benzene rings is 1. The number of esters is 1. The SMILES string of the molecule is CCOC(=O)CCc1ccc(C(C)=O)c(O)c1C=O. The number of carbonyl (C=O) groups excluding carboxylic acids is 3. The summed E-state index contributed by atoms with van der Waals surface area (Å²) in [4.78, 5) is 33.5. The lowest BCUT2D eigenvalue weighted by Crippen LogP contribution is -2.07. The normalized spacial score (nSPS) is 10.0. The van der Waals surface area contributed by atoms with Crippen molar-refractivity contribution in [1.82, 2.24) is 0 Å². The Kier molecular flexibility index (Phi) is 5.23. The molecule has 0 radical (unpaired) electrons. The Bertz CT molecular complexity index is 505. The number of hydrogen-bond donors (Lipinski definition) is 1. The average molecular weight is 264 g/mol. The van der Waals surface area contributed by atoms with Crippen molar-refractivity contribution in [2.45, 2.75) is 26.7 Å². The highest BCUT2D eigenvalue weighted by atomic mass is 16.5. The number of carbonyl (C=O) groups is 3. The van der Waals surface area contributed by atoms with E-state index in [1.807, 2.05) is 0 Å². The molecular weight excluding hydrogens is 248 g/mol. The van der Waals surface area contributed by atoms with Crippen molar-refractivity contribution < 1.29 is 24.2 Å². The summed E-state index contributed by atoms with van der Waals surface area (Å²) < 4.78 is 4.79. The van der Waals surface area contributed by atoms with Crippen molar-refractivity contribution in [2.24, 2.45) is 0 Å². The third-order valence-electron chi connectivity index (χ3n) is 2.71. The van der Waals surface area contributed by atoms with Crippen LogP contribution in [0.1, 0.15) is 46.5 Å². The van der Waals surface area contributed by atoms with Gasteiger partial charge in [0.05, 0.1) is 17.7 Å². The third kappa shape index (κ3) is 3.64. The molecule has 1 N–H and O–H groups in total. The maximum atomic E-state index is 11.2. The molecule has 0 amide bonds. The van der Waals surface area contributed by atoms with Gasteiger partial charge in [-0.05, 0) is 31.9 Å². The number of aryl methyl sites for hydroxylation is 1.